The van der Waals surface area contributed by atoms with Crippen molar-refractivity contribution in [2.45, 2.75) is 39.8 Å². The van der Waals surface area contributed by atoms with Gasteiger partial charge in [-0.25, -0.2) is 0 Å². The van der Waals surface area contributed by atoms with Gasteiger partial charge in [0.15, 0.2) is 0 Å². The molecular formula is C28H27ClN2O3. The fraction of sp³-hybridized carbons (Fsp3) is 0.214. The summed E-state index contributed by atoms with van der Waals surface area (Å²) in [6.45, 7) is 6.14. The molecular weight excluding hydrogens is 448 g/mol. The van der Waals surface area contributed by atoms with Crippen molar-refractivity contribution >= 4 is 17.5 Å². The van der Waals surface area contributed by atoms with E-state index in [4.69, 9.17) is 20.9 Å². The number of aromatic nitrogens is 1. The minimum absolute atomic E-state index is 0.0881. The van der Waals surface area contributed by atoms with Crippen LogP contribution < -0.4 is 10.1 Å². The Hall–Kier alpha value is -3.57. The number of ether oxygens (including phenoxy) is 1. The van der Waals surface area contributed by atoms with Crippen molar-refractivity contribution in [3.8, 4) is 5.75 Å². The van der Waals surface area contributed by atoms with E-state index in [2.05, 4.69) is 10.5 Å². The van der Waals surface area contributed by atoms with Crippen LogP contribution in [-0.4, -0.2) is 11.1 Å². The predicted octanol–water partition coefficient (Wildman–Crippen LogP) is 6.28. The maximum Gasteiger partial charge on any atom is 0.225 e. The van der Waals surface area contributed by atoms with Gasteiger partial charge in [-0.15, -0.1) is 0 Å². The Morgan fingerprint density at radius 2 is 1.76 bits per heavy atom. The zero-order chi connectivity index (χ0) is 24.1. The molecule has 0 saturated carbocycles. The average Bonchev–Trinajstić information content (AvgIpc) is 3.15. The van der Waals surface area contributed by atoms with Crippen LogP contribution in [0.4, 0.5) is 0 Å². The van der Waals surface area contributed by atoms with E-state index in [0.717, 1.165) is 45.0 Å². The Balaban J connectivity index is 1.43. The smallest absolute Gasteiger partial charge is 0.225 e. The van der Waals surface area contributed by atoms with Gasteiger partial charge in [0.2, 0.25) is 5.91 Å². The highest BCUT2D eigenvalue weighted by atomic mass is 35.5. The van der Waals surface area contributed by atoms with Gasteiger partial charge >= 0.3 is 0 Å². The second-order valence-corrected chi connectivity index (χ2v) is 8.76. The topological polar surface area (TPSA) is 64.4 Å². The highest BCUT2D eigenvalue weighted by Gasteiger charge is 2.19. The summed E-state index contributed by atoms with van der Waals surface area (Å²) in [6.07, 6.45) is 0.247. The molecule has 1 N–H and O–H groups in total. The molecule has 4 aromatic rings. The summed E-state index contributed by atoms with van der Waals surface area (Å²) in [5, 5.41) is 7.73. The molecule has 34 heavy (non-hydrogen) atoms. The highest BCUT2D eigenvalue weighted by molar-refractivity contribution is 6.31. The predicted molar refractivity (Wildman–Crippen MR) is 133 cm³/mol. The van der Waals surface area contributed by atoms with Crippen LogP contribution in [0.15, 0.2) is 77.3 Å². The second kappa shape index (κ2) is 10.6. The summed E-state index contributed by atoms with van der Waals surface area (Å²) in [5.74, 6) is 1.39. The molecule has 1 unspecified atom stereocenters. The normalized spacial score (nSPS) is 11.8. The molecule has 4 rings (SSSR count). The van der Waals surface area contributed by atoms with Crippen molar-refractivity contribution in [2.75, 3.05) is 0 Å². The first-order chi connectivity index (χ1) is 16.4. The Labute approximate surface area is 204 Å². The lowest BCUT2D eigenvalue weighted by atomic mass is 9.97. The van der Waals surface area contributed by atoms with E-state index in [1.165, 1.54) is 0 Å². The van der Waals surface area contributed by atoms with E-state index in [1.54, 1.807) is 0 Å². The minimum atomic E-state index is -0.334. The Morgan fingerprint density at radius 3 is 2.41 bits per heavy atom. The molecule has 1 aromatic heterocycles. The molecule has 0 aliphatic rings. The number of halogens is 1. The molecule has 0 fully saturated rings. The van der Waals surface area contributed by atoms with Gasteiger partial charge in [-0.05, 0) is 61.2 Å². The lowest BCUT2D eigenvalue weighted by Crippen LogP contribution is -2.30. The number of nitrogens with one attached hydrogen (secondary N) is 1. The van der Waals surface area contributed by atoms with Crippen LogP contribution in [0, 0.1) is 20.8 Å². The number of hydrogen-bond acceptors (Lipinski definition) is 4. The van der Waals surface area contributed by atoms with Crippen LogP contribution in [0.25, 0.3) is 0 Å². The van der Waals surface area contributed by atoms with Gasteiger partial charge in [0.25, 0.3) is 0 Å². The van der Waals surface area contributed by atoms with Crippen molar-refractivity contribution in [1.82, 2.24) is 10.5 Å². The van der Waals surface area contributed by atoms with Gasteiger partial charge in [-0.3, -0.25) is 4.79 Å². The van der Waals surface area contributed by atoms with Gasteiger partial charge in [0, 0.05) is 5.02 Å². The van der Waals surface area contributed by atoms with Gasteiger partial charge < -0.3 is 14.6 Å². The van der Waals surface area contributed by atoms with E-state index in [-0.39, 0.29) is 18.4 Å². The van der Waals surface area contributed by atoms with E-state index in [1.807, 2.05) is 93.6 Å². The monoisotopic (exact) mass is 474 g/mol. The zero-order valence-electron chi connectivity index (χ0n) is 19.5. The number of benzene rings is 3. The van der Waals surface area contributed by atoms with Crippen LogP contribution in [0.5, 0.6) is 5.75 Å². The summed E-state index contributed by atoms with van der Waals surface area (Å²) in [7, 11) is 0. The Kier molecular flexibility index (Phi) is 7.33. The molecule has 174 valence electrons. The fourth-order valence-electron chi connectivity index (χ4n) is 3.82. The number of rotatable bonds is 8. The largest absolute Gasteiger partial charge is 0.489 e. The Bertz CT molecular complexity index is 1250. The second-order valence-electron chi connectivity index (χ2n) is 8.35. The third-order valence-electron chi connectivity index (χ3n) is 5.76. The SMILES string of the molecule is Cc1ccc(C(NC(=O)Cc2ccc(OCc3c(C)noc3C)cc2)c2ccccc2)c(Cl)c1. The number of nitrogens with zero attached hydrogens (tertiary/aromatic N) is 1. The number of carbonyl (C=O) groups is 1. The molecule has 0 saturated heterocycles. The summed E-state index contributed by atoms with van der Waals surface area (Å²) in [5.41, 5.74) is 5.59. The number of aryl methyl sites for hydroxylation is 3. The van der Waals surface area contributed by atoms with Crippen molar-refractivity contribution in [3.05, 3.63) is 117 Å². The molecule has 5 nitrogen and oxygen atoms in total. The van der Waals surface area contributed by atoms with Gasteiger partial charge in [-0.2, -0.15) is 0 Å². The minimum Gasteiger partial charge on any atom is -0.489 e. The fourth-order valence-corrected chi connectivity index (χ4v) is 4.16. The third-order valence-corrected chi connectivity index (χ3v) is 6.08. The van der Waals surface area contributed by atoms with Gasteiger partial charge in [0.05, 0.1) is 23.7 Å². The summed E-state index contributed by atoms with van der Waals surface area (Å²) < 4.78 is 11.0. The van der Waals surface area contributed by atoms with Crippen LogP contribution in [-0.2, 0) is 17.8 Å². The third kappa shape index (κ3) is 5.67. The first-order valence-corrected chi connectivity index (χ1v) is 11.5. The van der Waals surface area contributed by atoms with Gasteiger partial charge in [0.1, 0.15) is 18.1 Å². The van der Waals surface area contributed by atoms with Crippen LogP contribution in [0.3, 0.4) is 0 Å². The molecule has 1 amide bonds. The molecule has 0 aliphatic heterocycles. The highest BCUT2D eigenvalue weighted by Crippen LogP contribution is 2.29. The first kappa shape index (κ1) is 23.6. The molecule has 0 bridgehead atoms. The number of amides is 1. The lowest BCUT2D eigenvalue weighted by molar-refractivity contribution is -0.120. The standard InChI is InChI=1S/C28H27ClN2O3/c1-18-9-14-24(26(29)15-18)28(22-7-5-4-6-8-22)30-27(32)16-21-10-12-23(13-11-21)33-17-25-19(2)31-34-20(25)3/h4-15,28H,16-17H2,1-3H3,(H,30,32). The molecule has 1 atom stereocenters. The molecule has 1 heterocycles. The van der Waals surface area contributed by atoms with E-state index in [0.29, 0.717) is 11.6 Å². The van der Waals surface area contributed by atoms with Crippen molar-refractivity contribution in [1.29, 1.82) is 0 Å². The maximum absolute atomic E-state index is 13.0. The molecule has 0 radical (unpaired) electrons. The van der Waals surface area contributed by atoms with Crippen LogP contribution in [0.1, 0.15) is 45.3 Å². The summed E-state index contributed by atoms with van der Waals surface area (Å²) in [4.78, 5) is 13.0. The van der Waals surface area contributed by atoms with E-state index >= 15 is 0 Å². The van der Waals surface area contributed by atoms with Crippen LogP contribution >= 0.6 is 11.6 Å². The number of carbonyl (C=O) groups excluding carboxylic acids is 1. The quantitative estimate of drug-likeness (QED) is 0.326. The molecule has 6 heteroatoms. The molecule has 0 spiro atoms. The summed E-state index contributed by atoms with van der Waals surface area (Å²) >= 11 is 6.55. The number of hydrogen-bond donors (Lipinski definition) is 1. The van der Waals surface area contributed by atoms with Crippen molar-refractivity contribution in [3.63, 3.8) is 0 Å². The van der Waals surface area contributed by atoms with E-state index < -0.39 is 0 Å². The van der Waals surface area contributed by atoms with E-state index in [9.17, 15) is 4.79 Å². The van der Waals surface area contributed by atoms with Crippen LogP contribution in [0.2, 0.25) is 5.02 Å². The first-order valence-electron chi connectivity index (χ1n) is 11.1. The Morgan fingerprint density at radius 1 is 1.03 bits per heavy atom. The maximum atomic E-state index is 13.0. The molecule has 0 aliphatic carbocycles. The van der Waals surface area contributed by atoms with Crippen molar-refractivity contribution < 1.29 is 14.1 Å². The zero-order valence-corrected chi connectivity index (χ0v) is 20.2. The lowest BCUT2D eigenvalue weighted by Gasteiger charge is -2.21. The average molecular weight is 475 g/mol. The van der Waals surface area contributed by atoms with Crippen molar-refractivity contribution in [2.24, 2.45) is 0 Å². The van der Waals surface area contributed by atoms with Gasteiger partial charge in [-0.1, -0.05) is 71.4 Å². The molecule has 3 aromatic carbocycles. The summed E-state index contributed by atoms with van der Waals surface area (Å²) in [6, 6.07) is 22.9.